The second-order valence-electron chi connectivity index (χ2n) is 3.33. The van der Waals surface area contributed by atoms with Crippen molar-refractivity contribution < 1.29 is 4.79 Å². The van der Waals surface area contributed by atoms with Gasteiger partial charge >= 0.3 is 0 Å². The van der Waals surface area contributed by atoms with Crippen LogP contribution in [0.1, 0.15) is 20.3 Å². The molecule has 1 amide bonds. The van der Waals surface area contributed by atoms with E-state index in [1.807, 2.05) is 25.0 Å². The largest absolute Gasteiger partial charge is 0.393 e. The number of thiocarbonyl (C=S) groups is 1. The number of thioether (sulfide) groups is 1. The van der Waals surface area contributed by atoms with Crippen LogP contribution in [-0.2, 0) is 4.79 Å². The molecule has 0 atom stereocenters. The second kappa shape index (κ2) is 7.06. The minimum Gasteiger partial charge on any atom is -0.393 e. The van der Waals surface area contributed by atoms with Crippen LogP contribution in [0.4, 0.5) is 0 Å². The van der Waals surface area contributed by atoms with Crippen LogP contribution >= 0.6 is 24.0 Å². The van der Waals surface area contributed by atoms with Crippen molar-refractivity contribution in [3.8, 4) is 0 Å². The maximum absolute atomic E-state index is 11.6. The van der Waals surface area contributed by atoms with E-state index >= 15 is 0 Å². The molecule has 14 heavy (non-hydrogen) atoms. The van der Waals surface area contributed by atoms with Crippen LogP contribution in [0.25, 0.3) is 0 Å². The molecule has 0 unspecified atom stereocenters. The third-order valence-corrected chi connectivity index (χ3v) is 2.55. The monoisotopic (exact) mass is 234 g/mol. The highest BCUT2D eigenvalue weighted by Gasteiger charge is 2.15. The predicted molar refractivity (Wildman–Crippen MR) is 66.6 cm³/mol. The molecule has 0 spiro atoms. The van der Waals surface area contributed by atoms with Gasteiger partial charge in [0.2, 0.25) is 5.91 Å². The van der Waals surface area contributed by atoms with Gasteiger partial charge in [0, 0.05) is 19.0 Å². The first-order chi connectivity index (χ1) is 6.49. The Balaban J connectivity index is 4.14. The van der Waals surface area contributed by atoms with Crippen molar-refractivity contribution in [1.29, 1.82) is 0 Å². The molecule has 0 aliphatic heterocycles. The summed E-state index contributed by atoms with van der Waals surface area (Å²) < 4.78 is 0. The van der Waals surface area contributed by atoms with Crippen molar-refractivity contribution >= 4 is 34.9 Å². The van der Waals surface area contributed by atoms with E-state index in [2.05, 4.69) is 0 Å². The fourth-order valence-electron chi connectivity index (χ4n) is 1.11. The van der Waals surface area contributed by atoms with E-state index in [1.54, 1.807) is 0 Å². The van der Waals surface area contributed by atoms with E-state index in [9.17, 15) is 4.79 Å². The predicted octanol–water partition coefficient (Wildman–Crippen LogP) is 1.26. The van der Waals surface area contributed by atoms with Crippen LogP contribution in [0, 0.1) is 0 Å². The molecular formula is C9H18N2OS2. The lowest BCUT2D eigenvalue weighted by Crippen LogP contribution is -2.40. The molecule has 0 aromatic rings. The van der Waals surface area contributed by atoms with Gasteiger partial charge in [0.25, 0.3) is 0 Å². The lowest BCUT2D eigenvalue weighted by Gasteiger charge is -2.26. The summed E-state index contributed by atoms with van der Waals surface area (Å²) in [5.41, 5.74) is 5.40. The molecule has 5 heteroatoms. The average molecular weight is 234 g/mol. The van der Waals surface area contributed by atoms with Crippen LogP contribution < -0.4 is 5.73 Å². The third-order valence-electron chi connectivity index (χ3n) is 1.81. The van der Waals surface area contributed by atoms with Crippen LogP contribution in [0.5, 0.6) is 0 Å². The SMILES string of the molecule is CSCC(=O)N(CCC(N)=S)C(C)C. The van der Waals surface area contributed by atoms with E-state index < -0.39 is 0 Å². The molecule has 0 aliphatic rings. The van der Waals surface area contributed by atoms with E-state index in [1.165, 1.54) is 11.8 Å². The maximum Gasteiger partial charge on any atom is 0.232 e. The summed E-state index contributed by atoms with van der Waals surface area (Å²) in [6, 6.07) is 0.212. The van der Waals surface area contributed by atoms with Crippen LogP contribution in [0.2, 0.25) is 0 Å². The molecule has 0 saturated carbocycles. The fourth-order valence-corrected chi connectivity index (χ4v) is 1.61. The minimum absolute atomic E-state index is 0.156. The van der Waals surface area contributed by atoms with Gasteiger partial charge in [-0.1, -0.05) is 12.2 Å². The minimum atomic E-state index is 0.156. The molecule has 2 N–H and O–H groups in total. The Hall–Kier alpha value is -0.290. The normalized spacial score (nSPS) is 10.3. The number of nitrogens with zero attached hydrogens (tertiary/aromatic N) is 1. The summed E-state index contributed by atoms with van der Waals surface area (Å²) >= 11 is 6.32. The zero-order valence-corrected chi connectivity index (χ0v) is 10.6. The van der Waals surface area contributed by atoms with Crippen LogP contribution in [0.15, 0.2) is 0 Å². The highest BCUT2D eigenvalue weighted by atomic mass is 32.2. The van der Waals surface area contributed by atoms with E-state index in [0.29, 0.717) is 23.7 Å². The quantitative estimate of drug-likeness (QED) is 0.703. The molecule has 0 aliphatic carbocycles. The average Bonchev–Trinajstić information content (AvgIpc) is 2.03. The first kappa shape index (κ1) is 13.7. The van der Waals surface area contributed by atoms with Crippen molar-refractivity contribution in [2.75, 3.05) is 18.6 Å². The third kappa shape index (κ3) is 5.44. The molecule has 0 fully saturated rings. The topological polar surface area (TPSA) is 46.3 Å². The summed E-state index contributed by atoms with van der Waals surface area (Å²) in [4.78, 5) is 13.9. The van der Waals surface area contributed by atoms with Crippen molar-refractivity contribution in [3.63, 3.8) is 0 Å². The molecule has 0 radical (unpaired) electrons. The Morgan fingerprint density at radius 3 is 2.50 bits per heavy atom. The van der Waals surface area contributed by atoms with E-state index in [4.69, 9.17) is 18.0 Å². The Bertz CT molecular complexity index is 207. The van der Waals surface area contributed by atoms with Gasteiger partial charge in [-0.05, 0) is 20.1 Å². The van der Waals surface area contributed by atoms with Gasteiger partial charge in [-0.2, -0.15) is 11.8 Å². The lowest BCUT2D eigenvalue weighted by atomic mass is 10.3. The molecule has 0 heterocycles. The molecule has 82 valence electrons. The van der Waals surface area contributed by atoms with Crippen LogP contribution in [0.3, 0.4) is 0 Å². The number of carbonyl (C=O) groups is 1. The zero-order chi connectivity index (χ0) is 11.1. The first-order valence-corrected chi connectivity index (χ1v) is 6.36. The second-order valence-corrected chi connectivity index (χ2v) is 4.72. The summed E-state index contributed by atoms with van der Waals surface area (Å²) in [6.45, 7) is 4.63. The van der Waals surface area contributed by atoms with Gasteiger partial charge in [0.15, 0.2) is 0 Å². The molecule has 0 aromatic heterocycles. The maximum atomic E-state index is 11.6. The number of hydrogen-bond donors (Lipinski definition) is 1. The van der Waals surface area contributed by atoms with Crippen LogP contribution in [-0.4, -0.2) is 40.4 Å². The molecule has 0 rings (SSSR count). The zero-order valence-electron chi connectivity index (χ0n) is 8.95. The highest BCUT2D eigenvalue weighted by molar-refractivity contribution is 7.99. The van der Waals surface area contributed by atoms with Crippen molar-refractivity contribution in [3.05, 3.63) is 0 Å². The highest BCUT2D eigenvalue weighted by Crippen LogP contribution is 2.04. The number of carbonyl (C=O) groups excluding carboxylic acids is 1. The molecule has 0 saturated heterocycles. The van der Waals surface area contributed by atoms with Gasteiger partial charge in [-0.15, -0.1) is 0 Å². The number of rotatable bonds is 6. The Labute approximate surface area is 95.4 Å². The first-order valence-electron chi connectivity index (χ1n) is 4.55. The Morgan fingerprint density at radius 1 is 1.57 bits per heavy atom. The molecule has 3 nitrogen and oxygen atoms in total. The van der Waals surface area contributed by atoms with Crippen molar-refractivity contribution in [1.82, 2.24) is 4.90 Å². The van der Waals surface area contributed by atoms with Gasteiger partial charge in [-0.25, -0.2) is 0 Å². The van der Waals surface area contributed by atoms with Crippen molar-refractivity contribution in [2.45, 2.75) is 26.3 Å². The summed E-state index contributed by atoms with van der Waals surface area (Å²) in [5.74, 6) is 0.680. The van der Waals surface area contributed by atoms with Crippen molar-refractivity contribution in [2.24, 2.45) is 5.73 Å². The lowest BCUT2D eigenvalue weighted by molar-refractivity contribution is -0.129. The van der Waals surface area contributed by atoms with Gasteiger partial charge in [0.1, 0.15) is 0 Å². The standard InChI is InChI=1S/C9H18N2OS2/c1-7(2)11(5-4-8(10)13)9(12)6-14-3/h7H,4-6H2,1-3H3,(H2,10,13). The number of hydrogen-bond acceptors (Lipinski definition) is 3. The van der Waals surface area contributed by atoms with Gasteiger partial charge < -0.3 is 10.6 Å². The number of nitrogens with two attached hydrogens (primary N) is 1. The van der Waals surface area contributed by atoms with E-state index in [0.717, 1.165) is 0 Å². The van der Waals surface area contributed by atoms with E-state index in [-0.39, 0.29) is 11.9 Å². The summed E-state index contributed by atoms with van der Waals surface area (Å²) in [6.07, 6.45) is 2.53. The molecule has 0 bridgehead atoms. The summed E-state index contributed by atoms with van der Waals surface area (Å²) in [5, 5.41) is 0. The Kier molecular flexibility index (Phi) is 6.92. The molecular weight excluding hydrogens is 216 g/mol. The molecule has 0 aromatic carbocycles. The smallest absolute Gasteiger partial charge is 0.232 e. The van der Waals surface area contributed by atoms with Gasteiger partial charge in [0.05, 0.1) is 10.7 Å². The van der Waals surface area contributed by atoms with Gasteiger partial charge in [-0.3, -0.25) is 4.79 Å². The Morgan fingerprint density at radius 2 is 2.14 bits per heavy atom. The fraction of sp³-hybridized carbons (Fsp3) is 0.778. The summed E-state index contributed by atoms with van der Waals surface area (Å²) in [7, 11) is 0. The number of amides is 1.